The molecule has 2 aromatic rings. The van der Waals surface area contributed by atoms with Gasteiger partial charge in [0.2, 0.25) is 11.8 Å². The van der Waals surface area contributed by atoms with Gasteiger partial charge in [-0.15, -0.1) is 11.3 Å². The fraction of sp³-hybridized carbons (Fsp3) is 0.562. The van der Waals surface area contributed by atoms with E-state index < -0.39 is 0 Å². The number of carbonyl (C=O) groups is 2. The summed E-state index contributed by atoms with van der Waals surface area (Å²) in [6, 6.07) is -0.490. The lowest BCUT2D eigenvalue weighted by molar-refractivity contribution is -0.125. The molecule has 3 heterocycles. The molecule has 1 saturated heterocycles. The molecule has 0 aromatic carbocycles. The average Bonchev–Trinajstić information content (AvgIpc) is 3.29. The van der Waals surface area contributed by atoms with Gasteiger partial charge in [0.1, 0.15) is 4.88 Å². The van der Waals surface area contributed by atoms with E-state index in [0.29, 0.717) is 48.3 Å². The van der Waals surface area contributed by atoms with Crippen LogP contribution in [0.15, 0.2) is 10.0 Å². The number of hydrogen-bond acceptors (Lipinski definition) is 8. The van der Waals surface area contributed by atoms with Crippen LogP contribution >= 0.6 is 11.3 Å². The van der Waals surface area contributed by atoms with Gasteiger partial charge >= 0.3 is 0 Å². The molecule has 0 spiro atoms. The zero-order valence-corrected chi connectivity index (χ0v) is 15.8. The van der Waals surface area contributed by atoms with E-state index in [9.17, 15) is 9.59 Å². The number of thiazole rings is 1. The zero-order chi connectivity index (χ0) is 18.7. The van der Waals surface area contributed by atoms with Crippen molar-refractivity contribution in [3.63, 3.8) is 0 Å². The summed E-state index contributed by atoms with van der Waals surface area (Å²) >= 11 is 1.31. The van der Waals surface area contributed by atoms with Crippen molar-refractivity contribution in [3.05, 3.63) is 27.8 Å². The van der Waals surface area contributed by atoms with Crippen molar-refractivity contribution in [2.75, 3.05) is 13.1 Å². The van der Waals surface area contributed by atoms with Crippen LogP contribution in [0.4, 0.5) is 0 Å². The Balaban J connectivity index is 1.69. The summed E-state index contributed by atoms with van der Waals surface area (Å²) in [6.45, 7) is 6.90. The van der Waals surface area contributed by atoms with Crippen molar-refractivity contribution in [1.29, 1.82) is 0 Å². The van der Waals surface area contributed by atoms with Crippen LogP contribution in [0.25, 0.3) is 0 Å². The minimum Gasteiger partial charge on any atom is -0.355 e. The van der Waals surface area contributed by atoms with Gasteiger partial charge in [0, 0.05) is 19.1 Å². The number of likely N-dealkylation sites (tertiary alicyclic amines) is 1. The second-order valence-electron chi connectivity index (χ2n) is 6.25. The molecule has 1 aliphatic heterocycles. The highest BCUT2D eigenvalue weighted by molar-refractivity contribution is 7.11. The summed E-state index contributed by atoms with van der Waals surface area (Å²) < 4.78 is 5.18. The molecule has 140 valence electrons. The third kappa shape index (κ3) is 4.07. The lowest BCUT2D eigenvalue weighted by Crippen LogP contribution is -2.42. The molecule has 0 bridgehead atoms. The molecule has 0 saturated carbocycles. The van der Waals surface area contributed by atoms with E-state index in [1.807, 2.05) is 18.7 Å². The van der Waals surface area contributed by atoms with Gasteiger partial charge in [-0.3, -0.25) is 14.5 Å². The molecule has 10 heteroatoms. The highest BCUT2D eigenvalue weighted by Gasteiger charge is 2.38. The van der Waals surface area contributed by atoms with Crippen LogP contribution in [0, 0.1) is 13.8 Å². The zero-order valence-electron chi connectivity index (χ0n) is 15.0. The van der Waals surface area contributed by atoms with Crippen molar-refractivity contribution < 1.29 is 14.1 Å². The summed E-state index contributed by atoms with van der Waals surface area (Å²) in [7, 11) is 0. The first-order valence-electron chi connectivity index (χ1n) is 8.49. The Morgan fingerprint density at radius 3 is 2.85 bits per heavy atom. The lowest BCUT2D eigenvalue weighted by atomic mass is 10.1. The number of nitrogens with zero attached hydrogens (tertiary/aromatic N) is 4. The first-order valence-corrected chi connectivity index (χ1v) is 9.37. The molecule has 3 rings (SSSR count). The standard InChI is InChI=1S/C16H22N6O3S/c1-4-17-15(23)12-5-11(20-16(24)14-9(2)18-8-26-14)6-22(12)7-13-19-10(3)21-25-13/h8,11-12H,4-7H2,1-3H3,(H,17,23)(H,20,24)/t11-,12-/m0/s1. The average molecular weight is 378 g/mol. The van der Waals surface area contributed by atoms with Gasteiger partial charge in [0.15, 0.2) is 5.82 Å². The number of nitrogens with one attached hydrogen (secondary N) is 2. The molecule has 2 N–H and O–H groups in total. The topological polar surface area (TPSA) is 113 Å². The number of aromatic nitrogens is 3. The Bertz CT molecular complexity index is 789. The molecule has 0 unspecified atom stereocenters. The summed E-state index contributed by atoms with van der Waals surface area (Å²) in [6.07, 6.45) is 0.530. The lowest BCUT2D eigenvalue weighted by Gasteiger charge is -2.21. The summed E-state index contributed by atoms with van der Waals surface area (Å²) in [4.78, 5) is 35.8. The monoisotopic (exact) mass is 378 g/mol. The quantitative estimate of drug-likeness (QED) is 0.759. The van der Waals surface area contributed by atoms with Crippen molar-refractivity contribution in [1.82, 2.24) is 30.7 Å². The van der Waals surface area contributed by atoms with E-state index in [0.717, 1.165) is 0 Å². The third-order valence-electron chi connectivity index (χ3n) is 4.25. The van der Waals surface area contributed by atoms with E-state index in [-0.39, 0.29) is 23.9 Å². The molecule has 0 aliphatic carbocycles. The highest BCUT2D eigenvalue weighted by Crippen LogP contribution is 2.22. The van der Waals surface area contributed by atoms with Gasteiger partial charge < -0.3 is 15.2 Å². The Morgan fingerprint density at radius 2 is 2.23 bits per heavy atom. The van der Waals surface area contributed by atoms with Crippen LogP contribution in [-0.2, 0) is 11.3 Å². The molecule has 2 aromatic heterocycles. The van der Waals surface area contributed by atoms with Gasteiger partial charge in [-0.05, 0) is 27.2 Å². The molecular formula is C16H22N6O3S. The highest BCUT2D eigenvalue weighted by atomic mass is 32.1. The summed E-state index contributed by atoms with van der Waals surface area (Å²) in [5.41, 5.74) is 2.37. The number of carbonyl (C=O) groups excluding carboxylic acids is 2. The minimum absolute atomic E-state index is 0.0607. The second kappa shape index (κ2) is 7.92. The number of amides is 2. The number of hydrogen-bond donors (Lipinski definition) is 2. The molecule has 26 heavy (non-hydrogen) atoms. The van der Waals surface area contributed by atoms with Gasteiger partial charge in [0.05, 0.1) is 23.8 Å². The first-order chi connectivity index (χ1) is 12.5. The van der Waals surface area contributed by atoms with Crippen LogP contribution in [0.1, 0.15) is 40.4 Å². The second-order valence-corrected chi connectivity index (χ2v) is 7.10. The maximum atomic E-state index is 12.5. The van der Waals surface area contributed by atoms with Crippen LogP contribution in [0.5, 0.6) is 0 Å². The van der Waals surface area contributed by atoms with Crippen LogP contribution in [0.3, 0.4) is 0 Å². The first kappa shape index (κ1) is 18.5. The van der Waals surface area contributed by atoms with Crippen molar-refractivity contribution in [2.24, 2.45) is 0 Å². The van der Waals surface area contributed by atoms with Gasteiger partial charge in [-0.1, -0.05) is 5.16 Å². The summed E-state index contributed by atoms with van der Waals surface area (Å²) in [5.74, 6) is 0.802. The maximum absolute atomic E-state index is 12.5. The smallest absolute Gasteiger partial charge is 0.263 e. The Morgan fingerprint density at radius 1 is 1.42 bits per heavy atom. The number of rotatable bonds is 6. The largest absolute Gasteiger partial charge is 0.355 e. The fourth-order valence-electron chi connectivity index (χ4n) is 3.10. The summed E-state index contributed by atoms with van der Waals surface area (Å²) in [5, 5.41) is 9.65. The molecule has 9 nitrogen and oxygen atoms in total. The van der Waals surface area contributed by atoms with Crippen molar-refractivity contribution in [2.45, 2.75) is 45.8 Å². The van der Waals surface area contributed by atoms with E-state index in [1.165, 1.54) is 11.3 Å². The normalized spacial score (nSPS) is 20.3. The Kier molecular flexibility index (Phi) is 5.62. The fourth-order valence-corrected chi connectivity index (χ4v) is 3.80. The van der Waals surface area contributed by atoms with Crippen LogP contribution in [0.2, 0.25) is 0 Å². The van der Waals surface area contributed by atoms with Gasteiger partial charge in [-0.25, -0.2) is 4.98 Å². The van der Waals surface area contributed by atoms with Gasteiger partial charge in [0.25, 0.3) is 5.91 Å². The predicted molar refractivity (Wildman–Crippen MR) is 94.6 cm³/mol. The molecule has 2 amide bonds. The van der Waals surface area contributed by atoms with E-state index in [4.69, 9.17) is 4.52 Å². The molecular weight excluding hydrogens is 356 g/mol. The molecule has 1 aliphatic rings. The number of aryl methyl sites for hydroxylation is 2. The van der Waals surface area contributed by atoms with E-state index >= 15 is 0 Å². The van der Waals surface area contributed by atoms with Crippen LogP contribution in [-0.4, -0.2) is 57.0 Å². The molecule has 1 fully saturated rings. The van der Waals surface area contributed by atoms with Gasteiger partial charge in [-0.2, -0.15) is 4.98 Å². The SMILES string of the molecule is CCNC(=O)[C@@H]1C[C@H](NC(=O)c2scnc2C)CN1Cc1nc(C)no1. The van der Waals surface area contributed by atoms with Crippen molar-refractivity contribution in [3.8, 4) is 0 Å². The van der Waals surface area contributed by atoms with Crippen LogP contribution < -0.4 is 10.6 Å². The Hall–Kier alpha value is -2.33. The van der Waals surface area contributed by atoms with Crippen molar-refractivity contribution >= 4 is 23.2 Å². The van der Waals surface area contributed by atoms with E-state index in [1.54, 1.807) is 12.4 Å². The molecule has 0 radical (unpaired) electrons. The predicted octanol–water partition coefficient (Wildman–Crippen LogP) is 0.652. The Labute approximate surface area is 155 Å². The maximum Gasteiger partial charge on any atom is 0.263 e. The minimum atomic E-state index is -0.352. The third-order valence-corrected chi connectivity index (χ3v) is 5.18. The number of likely N-dealkylation sites (N-methyl/N-ethyl adjacent to an activating group) is 1. The molecule has 2 atom stereocenters. The van der Waals surface area contributed by atoms with E-state index in [2.05, 4.69) is 25.8 Å².